The molecule has 0 fully saturated rings. The summed E-state index contributed by atoms with van der Waals surface area (Å²) in [6, 6.07) is 38.3. The molecule has 350 valence electrons. The smallest absolute Gasteiger partial charge is 0.309 e. The minimum Gasteiger partial charge on any atom is -0.309 e. The molecule has 0 spiro atoms. The second-order valence-corrected chi connectivity index (χ2v) is 17.5. The van der Waals surface area contributed by atoms with Gasteiger partial charge in [0.1, 0.15) is 0 Å². The van der Waals surface area contributed by atoms with Crippen molar-refractivity contribution in [1.29, 1.82) is 0 Å². The molecule has 0 aliphatic carbocycles. The van der Waals surface area contributed by atoms with Crippen molar-refractivity contribution in [1.82, 2.24) is 9.13 Å². The Labute approximate surface area is 389 Å². The molecule has 0 aliphatic rings. The molecule has 0 atom stereocenters. The van der Waals surface area contributed by atoms with Gasteiger partial charge in [0.15, 0.2) is 0 Å². The lowest BCUT2D eigenvalue weighted by Gasteiger charge is -2.21. The molecular formula is C56H32F12N2. The highest BCUT2D eigenvalue weighted by Crippen LogP contribution is 2.48. The largest absolute Gasteiger partial charge is 0.416 e. The molecule has 0 bridgehead atoms. The summed E-state index contributed by atoms with van der Waals surface area (Å²) in [5.41, 5.74) is 2.54. The monoisotopic (exact) mass is 960 g/mol. The normalized spacial score (nSPS) is 13.0. The van der Waals surface area contributed by atoms with Gasteiger partial charge >= 0.3 is 24.7 Å². The van der Waals surface area contributed by atoms with Gasteiger partial charge in [-0.05, 0) is 155 Å². The number of alkyl halides is 12. The molecule has 11 rings (SSSR count). The molecule has 2 heterocycles. The maximum absolute atomic E-state index is 14.1. The van der Waals surface area contributed by atoms with Crippen LogP contribution in [0, 0.1) is 13.8 Å². The van der Waals surface area contributed by atoms with E-state index >= 15 is 0 Å². The average molecular weight is 961 g/mol. The highest BCUT2D eigenvalue weighted by Gasteiger charge is 2.35. The predicted molar refractivity (Wildman–Crippen MR) is 250 cm³/mol. The Kier molecular flexibility index (Phi) is 9.83. The first-order valence-electron chi connectivity index (χ1n) is 21.7. The molecule has 0 amide bonds. The fourth-order valence-corrected chi connectivity index (χ4v) is 9.85. The van der Waals surface area contributed by atoms with Crippen LogP contribution in [-0.4, -0.2) is 9.13 Å². The zero-order valence-electron chi connectivity index (χ0n) is 36.4. The van der Waals surface area contributed by atoms with Crippen molar-refractivity contribution < 1.29 is 52.7 Å². The Morgan fingerprint density at radius 1 is 0.271 bits per heavy atom. The van der Waals surface area contributed by atoms with Gasteiger partial charge in [-0.15, -0.1) is 0 Å². The van der Waals surface area contributed by atoms with Crippen LogP contribution < -0.4 is 0 Å². The second-order valence-electron chi connectivity index (χ2n) is 17.5. The number of benzene rings is 9. The Bertz CT molecular complexity index is 3540. The van der Waals surface area contributed by atoms with E-state index in [0.717, 1.165) is 70.8 Å². The van der Waals surface area contributed by atoms with Crippen molar-refractivity contribution in [2.75, 3.05) is 0 Å². The first kappa shape index (κ1) is 44.7. The topological polar surface area (TPSA) is 9.86 Å². The van der Waals surface area contributed by atoms with E-state index in [0.29, 0.717) is 44.0 Å². The zero-order chi connectivity index (χ0) is 49.4. The van der Waals surface area contributed by atoms with Crippen molar-refractivity contribution in [3.05, 3.63) is 191 Å². The van der Waals surface area contributed by atoms with Crippen molar-refractivity contribution in [3.8, 4) is 33.6 Å². The SMILES string of the molecule is Cc1ccc(-c2c3ccc(-n4c5ccc(C(F)(F)F)cc5c5cc(C(F)(F)F)ccc54)cc3c(-c3ccc(C)cc3)c3ccc(-n4c5ccc(C(F)(F)F)cc5c5cc(C(F)(F)F)ccc54)cc23)cc1. The van der Waals surface area contributed by atoms with Gasteiger partial charge in [-0.25, -0.2) is 0 Å². The molecule has 9 aromatic carbocycles. The van der Waals surface area contributed by atoms with Crippen LogP contribution in [0.25, 0.3) is 98.8 Å². The number of fused-ring (bicyclic) bond motifs is 8. The van der Waals surface area contributed by atoms with E-state index in [9.17, 15) is 52.7 Å². The fourth-order valence-electron chi connectivity index (χ4n) is 9.85. The summed E-state index contributed by atoms with van der Waals surface area (Å²) in [7, 11) is 0. The van der Waals surface area contributed by atoms with Crippen LogP contribution in [0.5, 0.6) is 0 Å². The Balaban J connectivity index is 1.24. The molecule has 0 saturated carbocycles. The maximum Gasteiger partial charge on any atom is 0.416 e. The maximum atomic E-state index is 14.1. The van der Waals surface area contributed by atoms with Gasteiger partial charge in [0, 0.05) is 32.9 Å². The van der Waals surface area contributed by atoms with Gasteiger partial charge in [0.2, 0.25) is 0 Å². The van der Waals surface area contributed by atoms with E-state index in [1.165, 1.54) is 24.3 Å². The zero-order valence-corrected chi connectivity index (χ0v) is 36.4. The Morgan fingerprint density at radius 3 is 0.800 bits per heavy atom. The van der Waals surface area contributed by atoms with Gasteiger partial charge < -0.3 is 9.13 Å². The van der Waals surface area contributed by atoms with Gasteiger partial charge in [-0.2, -0.15) is 52.7 Å². The lowest BCUT2D eigenvalue weighted by molar-refractivity contribution is -0.138. The number of hydrogen-bond acceptors (Lipinski definition) is 0. The van der Waals surface area contributed by atoms with Crippen LogP contribution in [0.3, 0.4) is 0 Å². The summed E-state index contributed by atoms with van der Waals surface area (Å²) < 4.78 is 173. The highest BCUT2D eigenvalue weighted by atomic mass is 19.4. The molecule has 0 radical (unpaired) electrons. The molecule has 14 heteroatoms. The molecule has 0 aliphatic heterocycles. The number of hydrogen-bond donors (Lipinski definition) is 0. The number of aromatic nitrogens is 2. The van der Waals surface area contributed by atoms with Gasteiger partial charge in [-0.3, -0.25) is 0 Å². The lowest BCUT2D eigenvalue weighted by Crippen LogP contribution is -2.04. The number of halogens is 12. The van der Waals surface area contributed by atoms with Gasteiger partial charge in [-0.1, -0.05) is 71.8 Å². The first-order valence-corrected chi connectivity index (χ1v) is 21.7. The Morgan fingerprint density at radius 2 is 0.543 bits per heavy atom. The average Bonchev–Trinajstić information content (AvgIpc) is 3.81. The van der Waals surface area contributed by atoms with Gasteiger partial charge in [0.05, 0.1) is 44.3 Å². The molecule has 70 heavy (non-hydrogen) atoms. The number of nitrogens with zero attached hydrogens (tertiary/aromatic N) is 2. The van der Waals surface area contributed by atoms with E-state index in [4.69, 9.17) is 0 Å². The third-order valence-corrected chi connectivity index (χ3v) is 13.1. The highest BCUT2D eigenvalue weighted by molar-refractivity contribution is 6.22. The molecule has 0 N–H and O–H groups in total. The molecule has 0 saturated heterocycles. The van der Waals surface area contributed by atoms with E-state index in [1.807, 2.05) is 86.6 Å². The summed E-state index contributed by atoms with van der Waals surface area (Å²) in [5, 5.41) is 2.60. The first-order chi connectivity index (χ1) is 33.0. The number of rotatable bonds is 4. The van der Waals surface area contributed by atoms with Crippen LogP contribution >= 0.6 is 0 Å². The van der Waals surface area contributed by atoms with Crippen LogP contribution in [0.1, 0.15) is 33.4 Å². The molecule has 0 unspecified atom stereocenters. The third-order valence-electron chi connectivity index (χ3n) is 13.1. The van der Waals surface area contributed by atoms with Crippen molar-refractivity contribution in [2.24, 2.45) is 0 Å². The van der Waals surface area contributed by atoms with Crippen molar-refractivity contribution >= 4 is 65.2 Å². The quantitative estimate of drug-likeness (QED) is 0.123. The van der Waals surface area contributed by atoms with Crippen molar-refractivity contribution in [2.45, 2.75) is 38.6 Å². The van der Waals surface area contributed by atoms with Crippen LogP contribution in [0.15, 0.2) is 158 Å². The Hall–Kier alpha value is -7.74. The summed E-state index contributed by atoms with van der Waals surface area (Å²) in [6.45, 7) is 3.84. The van der Waals surface area contributed by atoms with Crippen LogP contribution in [0.4, 0.5) is 52.7 Å². The van der Waals surface area contributed by atoms with E-state index in [1.54, 1.807) is 21.3 Å². The molecular weight excluding hydrogens is 929 g/mol. The summed E-state index contributed by atoms with van der Waals surface area (Å²) in [5.74, 6) is 0. The minimum absolute atomic E-state index is 0.0320. The summed E-state index contributed by atoms with van der Waals surface area (Å²) in [4.78, 5) is 0. The molecule has 2 aromatic heterocycles. The van der Waals surface area contributed by atoms with E-state index in [2.05, 4.69) is 0 Å². The number of aryl methyl sites for hydroxylation is 2. The predicted octanol–water partition coefficient (Wildman–Crippen LogP) is 18.2. The second kappa shape index (κ2) is 15.4. The van der Waals surface area contributed by atoms with E-state index in [-0.39, 0.29) is 43.6 Å². The van der Waals surface area contributed by atoms with Crippen LogP contribution in [0.2, 0.25) is 0 Å². The third kappa shape index (κ3) is 7.30. The minimum atomic E-state index is -4.78. The standard InChI is InChI=1S/C56H32F12N2/c1-29-3-7-31(8-4-29)51-39-17-15-38(70-49-21-13-35(55(63,64)65)25-43(49)44-26-36(56(66,67)68)14-22-50(44)70)28-46(39)52(32-9-5-30(2)6-10-32)40-18-16-37(27-45(40)51)69-47-19-11-33(53(57,58)59)23-41(47)42-24-34(54(60,61)62)12-20-48(42)69/h3-28H,1-2H3. The van der Waals surface area contributed by atoms with Crippen LogP contribution in [-0.2, 0) is 24.7 Å². The van der Waals surface area contributed by atoms with Gasteiger partial charge in [0.25, 0.3) is 0 Å². The molecule has 2 nitrogen and oxygen atoms in total. The fraction of sp³-hybridized carbons (Fsp3) is 0.107. The lowest BCUT2D eigenvalue weighted by atomic mass is 9.85. The summed E-state index contributed by atoms with van der Waals surface area (Å²) in [6.07, 6.45) is -19.1. The van der Waals surface area contributed by atoms with Crippen molar-refractivity contribution in [3.63, 3.8) is 0 Å². The van der Waals surface area contributed by atoms with E-state index < -0.39 is 47.0 Å². The summed E-state index contributed by atoms with van der Waals surface area (Å²) >= 11 is 0. The molecule has 11 aromatic rings.